The van der Waals surface area contributed by atoms with E-state index in [0.29, 0.717) is 0 Å². The maximum absolute atomic E-state index is 6.83. The molecule has 214 valence electrons. The molecule has 0 saturated carbocycles. The summed E-state index contributed by atoms with van der Waals surface area (Å²) in [7, 11) is 0. The van der Waals surface area contributed by atoms with Crippen LogP contribution in [0.15, 0.2) is 162 Å². The van der Waals surface area contributed by atoms with Gasteiger partial charge in [0.05, 0.1) is 0 Å². The van der Waals surface area contributed by atoms with Crippen molar-refractivity contribution >= 4 is 75.0 Å². The Bertz CT molecular complexity index is 2800. The molecule has 10 aromatic rings. The van der Waals surface area contributed by atoms with E-state index in [4.69, 9.17) is 4.42 Å². The summed E-state index contributed by atoms with van der Waals surface area (Å²) < 4.78 is 9.45. The molecule has 10 rings (SSSR count). The number of furan rings is 1. The fraction of sp³-hybridized carbons (Fsp3) is 0. The number of hydrogen-bond donors (Lipinski definition) is 0. The Kier molecular flexibility index (Phi) is 5.51. The van der Waals surface area contributed by atoms with Crippen LogP contribution in [-0.2, 0) is 0 Å². The molecule has 2 heteroatoms. The van der Waals surface area contributed by atoms with E-state index in [9.17, 15) is 0 Å². The van der Waals surface area contributed by atoms with Gasteiger partial charge in [0.15, 0.2) is 0 Å². The molecule has 0 aliphatic carbocycles. The smallest absolute Gasteiger partial charge is 0.144 e. The van der Waals surface area contributed by atoms with Crippen molar-refractivity contribution in [3.8, 4) is 33.4 Å². The van der Waals surface area contributed by atoms with E-state index < -0.39 is 0 Å². The number of benzene rings is 8. The molecule has 0 unspecified atom stereocenters. The van der Waals surface area contributed by atoms with Crippen molar-refractivity contribution in [1.29, 1.82) is 0 Å². The normalized spacial score (nSPS) is 11.9. The second kappa shape index (κ2) is 9.90. The van der Waals surface area contributed by atoms with E-state index in [0.717, 1.165) is 27.5 Å². The Morgan fingerprint density at radius 2 is 0.978 bits per heavy atom. The van der Waals surface area contributed by atoms with Crippen molar-refractivity contribution in [2.45, 2.75) is 0 Å². The van der Waals surface area contributed by atoms with Gasteiger partial charge in [0.2, 0.25) is 0 Å². The van der Waals surface area contributed by atoms with Crippen molar-refractivity contribution in [2.24, 2.45) is 0 Å². The third kappa shape index (κ3) is 3.81. The molecule has 0 amide bonds. The molecule has 0 spiro atoms. The van der Waals surface area contributed by atoms with Crippen LogP contribution < -0.4 is 0 Å². The fourth-order valence-electron chi connectivity index (χ4n) is 7.31. The molecular formula is C44H26OS. The summed E-state index contributed by atoms with van der Waals surface area (Å²) in [5, 5.41) is 9.84. The summed E-state index contributed by atoms with van der Waals surface area (Å²) >= 11 is 1.85. The highest BCUT2D eigenvalue weighted by Gasteiger charge is 2.22. The second-order valence-electron chi connectivity index (χ2n) is 12.0. The molecule has 0 N–H and O–H groups in total. The molecule has 0 radical (unpaired) electrons. The van der Waals surface area contributed by atoms with Gasteiger partial charge in [-0.25, -0.2) is 0 Å². The quantitative estimate of drug-likeness (QED) is 0.196. The first kappa shape index (κ1) is 25.6. The maximum Gasteiger partial charge on any atom is 0.144 e. The van der Waals surface area contributed by atoms with Crippen molar-refractivity contribution < 1.29 is 4.42 Å². The Labute approximate surface area is 269 Å². The lowest BCUT2D eigenvalue weighted by molar-refractivity contribution is 0.670. The van der Waals surface area contributed by atoms with Crippen molar-refractivity contribution in [1.82, 2.24) is 0 Å². The van der Waals surface area contributed by atoms with Crippen molar-refractivity contribution in [3.63, 3.8) is 0 Å². The molecule has 0 aliphatic rings. The highest BCUT2D eigenvalue weighted by molar-refractivity contribution is 7.25. The largest absolute Gasteiger partial charge is 0.455 e. The van der Waals surface area contributed by atoms with Gasteiger partial charge >= 0.3 is 0 Å². The Morgan fingerprint density at radius 1 is 0.370 bits per heavy atom. The van der Waals surface area contributed by atoms with Gasteiger partial charge in [0, 0.05) is 42.1 Å². The van der Waals surface area contributed by atoms with Gasteiger partial charge in [-0.05, 0) is 74.1 Å². The molecule has 0 atom stereocenters. The number of fused-ring (bicyclic) bond motifs is 8. The predicted octanol–water partition coefficient (Wildman–Crippen LogP) is 13.3. The number of hydrogen-bond acceptors (Lipinski definition) is 2. The van der Waals surface area contributed by atoms with Gasteiger partial charge in [0.25, 0.3) is 0 Å². The van der Waals surface area contributed by atoms with Gasteiger partial charge in [-0.3, -0.25) is 0 Å². The van der Waals surface area contributed by atoms with Crippen LogP contribution in [0.4, 0.5) is 0 Å². The Morgan fingerprint density at radius 3 is 1.83 bits per heavy atom. The monoisotopic (exact) mass is 602 g/mol. The first-order valence-electron chi connectivity index (χ1n) is 15.7. The number of thiophene rings is 1. The summed E-state index contributed by atoms with van der Waals surface area (Å²) in [4.78, 5) is 0. The summed E-state index contributed by atoms with van der Waals surface area (Å²) in [6.45, 7) is 0. The van der Waals surface area contributed by atoms with Gasteiger partial charge in [-0.15, -0.1) is 11.3 Å². The molecule has 0 fully saturated rings. The molecule has 8 aromatic carbocycles. The van der Waals surface area contributed by atoms with Crippen LogP contribution in [0.2, 0.25) is 0 Å². The third-order valence-corrected chi connectivity index (χ3v) is 10.6. The molecule has 46 heavy (non-hydrogen) atoms. The van der Waals surface area contributed by atoms with E-state index in [1.54, 1.807) is 0 Å². The molecule has 0 bridgehead atoms. The lowest BCUT2D eigenvalue weighted by atomic mass is 9.87. The van der Waals surface area contributed by atoms with Gasteiger partial charge in [-0.2, -0.15) is 0 Å². The van der Waals surface area contributed by atoms with Crippen molar-refractivity contribution in [3.05, 3.63) is 158 Å². The summed E-state index contributed by atoms with van der Waals surface area (Å²) in [6, 6.07) is 57.2. The first-order chi connectivity index (χ1) is 22.8. The minimum Gasteiger partial charge on any atom is -0.455 e. The molecule has 2 heterocycles. The van der Waals surface area contributed by atoms with Gasteiger partial charge in [-0.1, -0.05) is 127 Å². The lowest BCUT2D eigenvalue weighted by Gasteiger charge is -2.15. The van der Waals surface area contributed by atoms with Crippen LogP contribution in [-0.4, -0.2) is 0 Å². The van der Waals surface area contributed by atoms with Crippen LogP contribution in [0.5, 0.6) is 0 Å². The summed E-state index contributed by atoms with van der Waals surface area (Å²) in [5.41, 5.74) is 9.00. The molecule has 1 nitrogen and oxygen atoms in total. The minimum atomic E-state index is 0.908. The summed E-state index contributed by atoms with van der Waals surface area (Å²) in [5.74, 6) is 0. The zero-order valence-corrected chi connectivity index (χ0v) is 25.6. The van der Waals surface area contributed by atoms with Crippen LogP contribution in [0, 0.1) is 0 Å². The Balaban J connectivity index is 1.24. The number of para-hydroxylation sites is 1. The molecule has 0 saturated heterocycles. The van der Waals surface area contributed by atoms with Gasteiger partial charge in [0.1, 0.15) is 11.2 Å². The van der Waals surface area contributed by atoms with E-state index in [1.165, 1.54) is 69.5 Å². The van der Waals surface area contributed by atoms with E-state index in [1.807, 2.05) is 11.3 Å². The molecular weight excluding hydrogens is 577 g/mol. The predicted molar refractivity (Wildman–Crippen MR) is 198 cm³/mol. The fourth-order valence-corrected chi connectivity index (χ4v) is 8.40. The zero-order chi connectivity index (χ0) is 30.2. The summed E-state index contributed by atoms with van der Waals surface area (Å²) in [6.07, 6.45) is 0. The van der Waals surface area contributed by atoms with Crippen LogP contribution >= 0.6 is 11.3 Å². The van der Waals surface area contributed by atoms with Crippen molar-refractivity contribution in [2.75, 3.05) is 0 Å². The van der Waals surface area contributed by atoms with E-state index in [2.05, 4.69) is 158 Å². The first-order valence-corrected chi connectivity index (χ1v) is 16.5. The molecule has 0 aliphatic heterocycles. The van der Waals surface area contributed by atoms with Crippen LogP contribution in [0.25, 0.3) is 97.0 Å². The topological polar surface area (TPSA) is 13.1 Å². The van der Waals surface area contributed by atoms with Crippen LogP contribution in [0.1, 0.15) is 0 Å². The maximum atomic E-state index is 6.83. The SMILES string of the molecule is c1ccc2cc(-c3ccc(-c4c5ccccc5c(-c5ccc6sc7ccccc7c6c5)c5oc6ccccc6c45)cc3)ccc2c1. The Hall–Kier alpha value is -5.70. The standard InChI is InChI=1S/C44H26OS/c1-2-10-30-25-31(22-19-27(30)9-1)28-17-20-29(21-18-28)41-34-12-3-4-13-35(34)42(44-43(41)36-14-5-7-15-38(36)45-44)32-23-24-40-37(26-32)33-11-6-8-16-39(33)46-40/h1-26H. The minimum absolute atomic E-state index is 0.908. The van der Waals surface area contributed by atoms with E-state index >= 15 is 0 Å². The second-order valence-corrected chi connectivity index (χ2v) is 13.1. The average Bonchev–Trinajstić information content (AvgIpc) is 3.69. The van der Waals surface area contributed by atoms with E-state index in [-0.39, 0.29) is 0 Å². The lowest BCUT2D eigenvalue weighted by Crippen LogP contribution is -1.89. The molecule has 2 aromatic heterocycles. The van der Waals surface area contributed by atoms with Gasteiger partial charge < -0.3 is 4.42 Å². The highest BCUT2D eigenvalue weighted by Crippen LogP contribution is 2.48. The number of rotatable bonds is 3. The zero-order valence-electron chi connectivity index (χ0n) is 24.8. The highest BCUT2D eigenvalue weighted by atomic mass is 32.1. The van der Waals surface area contributed by atoms with Crippen LogP contribution in [0.3, 0.4) is 0 Å². The average molecular weight is 603 g/mol. The third-order valence-electron chi connectivity index (χ3n) is 9.46.